The van der Waals surface area contributed by atoms with Crippen LogP contribution in [-0.4, -0.2) is 84.9 Å². The van der Waals surface area contributed by atoms with E-state index < -0.39 is 47.7 Å². The number of hydroxylamine groups is 1. The Morgan fingerprint density at radius 1 is 1.00 bits per heavy atom. The molecule has 2 fully saturated rings. The van der Waals surface area contributed by atoms with Gasteiger partial charge in [-0.3, -0.25) is 19.7 Å². The van der Waals surface area contributed by atoms with Crippen LogP contribution in [0.3, 0.4) is 0 Å². The summed E-state index contributed by atoms with van der Waals surface area (Å²) in [7, 11) is 1.11. The molecule has 210 valence electrons. The summed E-state index contributed by atoms with van der Waals surface area (Å²) >= 11 is 0. The molecule has 3 amide bonds. The van der Waals surface area contributed by atoms with E-state index in [1.54, 1.807) is 10.4 Å². The number of rotatable bonds is 5. The lowest BCUT2D eigenvalue weighted by molar-refractivity contribution is -0.151. The van der Waals surface area contributed by atoms with Crippen LogP contribution in [-0.2, 0) is 20.5 Å². The maximum Gasteiger partial charge on any atom is 0.416 e. The van der Waals surface area contributed by atoms with Gasteiger partial charge >= 0.3 is 12.3 Å². The second kappa shape index (κ2) is 11.8. The number of carbonyl (C=O) groups is 3. The van der Waals surface area contributed by atoms with Crippen molar-refractivity contribution in [2.75, 3.05) is 44.7 Å². The minimum atomic E-state index is -4.59. The van der Waals surface area contributed by atoms with Gasteiger partial charge in [0.1, 0.15) is 17.9 Å². The van der Waals surface area contributed by atoms with E-state index in [9.17, 15) is 32.8 Å². The van der Waals surface area contributed by atoms with Crippen molar-refractivity contribution in [3.8, 4) is 5.75 Å². The molecule has 0 radical (unpaired) electrons. The summed E-state index contributed by atoms with van der Waals surface area (Å²) in [5, 5.41) is 9.41. The van der Waals surface area contributed by atoms with Gasteiger partial charge in [0, 0.05) is 38.3 Å². The summed E-state index contributed by atoms with van der Waals surface area (Å²) in [5.74, 6) is -2.80. The first-order chi connectivity index (χ1) is 18.6. The molecule has 2 saturated heterocycles. The van der Waals surface area contributed by atoms with Gasteiger partial charge in [0.15, 0.2) is 0 Å². The van der Waals surface area contributed by atoms with Crippen LogP contribution in [0.5, 0.6) is 5.75 Å². The number of benzene rings is 2. The Hall–Kier alpha value is -4.00. The summed E-state index contributed by atoms with van der Waals surface area (Å²) in [6.45, 7) is 1.49. The largest absolute Gasteiger partial charge is 0.489 e. The highest BCUT2D eigenvalue weighted by Gasteiger charge is 2.49. The number of carbonyl (C=O) groups excluding carboxylic acids is 3. The SMILES string of the molecule is COC(=O)N1C[C@@H](Oc2cccc(C(F)(F)F)c2)C[C@H](C(=O)NO)[C@H]1C(=O)N1CCN(c2ccccc2)CC1. The van der Waals surface area contributed by atoms with Crippen LogP contribution in [0.4, 0.5) is 23.7 Å². The van der Waals surface area contributed by atoms with Gasteiger partial charge in [-0.2, -0.15) is 13.2 Å². The van der Waals surface area contributed by atoms with Crippen molar-refractivity contribution in [2.24, 2.45) is 5.92 Å². The maximum atomic E-state index is 13.7. The third-order valence-electron chi connectivity index (χ3n) is 6.92. The Bertz CT molecular complexity index is 1150. The normalized spacial score (nSPS) is 21.8. The topological polar surface area (TPSA) is 112 Å². The van der Waals surface area contributed by atoms with Gasteiger partial charge in [-0.15, -0.1) is 0 Å². The van der Waals surface area contributed by atoms with E-state index in [0.29, 0.717) is 26.2 Å². The predicted molar refractivity (Wildman–Crippen MR) is 132 cm³/mol. The van der Waals surface area contributed by atoms with Crippen molar-refractivity contribution in [3.05, 3.63) is 60.2 Å². The van der Waals surface area contributed by atoms with Gasteiger partial charge in [0.25, 0.3) is 0 Å². The van der Waals surface area contributed by atoms with Gasteiger partial charge in [0.2, 0.25) is 11.8 Å². The molecule has 2 N–H and O–H groups in total. The van der Waals surface area contributed by atoms with Crippen LogP contribution in [0.25, 0.3) is 0 Å². The fourth-order valence-corrected chi connectivity index (χ4v) is 5.02. The highest BCUT2D eigenvalue weighted by molar-refractivity contribution is 5.92. The third kappa shape index (κ3) is 6.36. The molecule has 0 aromatic heterocycles. The summed E-state index contributed by atoms with van der Waals surface area (Å²) in [5.41, 5.74) is 1.62. The monoisotopic (exact) mass is 550 g/mol. The van der Waals surface area contributed by atoms with E-state index in [0.717, 1.165) is 29.8 Å². The average molecular weight is 551 g/mol. The van der Waals surface area contributed by atoms with E-state index >= 15 is 0 Å². The molecule has 2 aliphatic heterocycles. The fourth-order valence-electron chi connectivity index (χ4n) is 5.02. The summed E-state index contributed by atoms with van der Waals surface area (Å²) in [6.07, 6.45) is -6.61. The zero-order chi connectivity index (χ0) is 28.2. The van der Waals surface area contributed by atoms with E-state index in [2.05, 4.69) is 4.90 Å². The third-order valence-corrected chi connectivity index (χ3v) is 6.92. The van der Waals surface area contributed by atoms with Crippen molar-refractivity contribution in [3.63, 3.8) is 0 Å². The molecule has 0 aliphatic carbocycles. The van der Waals surface area contributed by atoms with Crippen molar-refractivity contribution < 1.29 is 42.2 Å². The number of amides is 3. The molecule has 2 aromatic rings. The van der Waals surface area contributed by atoms with Crippen LogP contribution >= 0.6 is 0 Å². The number of nitrogens with one attached hydrogen (secondary N) is 1. The number of halogens is 3. The smallest absolute Gasteiger partial charge is 0.416 e. The quantitative estimate of drug-likeness (QED) is 0.435. The second-order valence-electron chi connectivity index (χ2n) is 9.30. The van der Waals surface area contributed by atoms with Crippen molar-refractivity contribution in [2.45, 2.75) is 24.7 Å². The summed E-state index contributed by atoms with van der Waals surface area (Å²) < 4.78 is 50.1. The Morgan fingerprint density at radius 3 is 2.31 bits per heavy atom. The lowest BCUT2D eigenvalue weighted by Crippen LogP contribution is -2.64. The standard InChI is InChI=1S/C26H29F3N4O6/c1-38-25(36)33-16-20(39-19-9-5-6-17(14-19)26(27,28)29)15-21(23(34)30-37)22(33)24(35)32-12-10-31(11-13-32)18-7-3-2-4-8-18/h2-9,14,20-22,37H,10-13,15-16H2,1H3,(H,30,34)/t20-,21-,22-/m0/s1. The lowest BCUT2D eigenvalue weighted by Gasteiger charge is -2.45. The molecular weight excluding hydrogens is 521 g/mol. The van der Waals surface area contributed by atoms with E-state index in [1.165, 1.54) is 12.1 Å². The lowest BCUT2D eigenvalue weighted by atomic mass is 9.86. The number of piperidine rings is 1. The predicted octanol–water partition coefficient (Wildman–Crippen LogP) is 2.76. The Labute approximate surface area is 222 Å². The van der Waals surface area contributed by atoms with Gasteiger partial charge in [-0.1, -0.05) is 24.3 Å². The minimum absolute atomic E-state index is 0.121. The van der Waals surface area contributed by atoms with Gasteiger partial charge < -0.3 is 19.3 Å². The highest BCUT2D eigenvalue weighted by Crippen LogP contribution is 2.34. The number of nitrogens with zero attached hydrogens (tertiary/aromatic N) is 3. The first-order valence-electron chi connectivity index (χ1n) is 12.3. The zero-order valence-electron chi connectivity index (χ0n) is 21.1. The molecule has 2 aromatic carbocycles. The van der Waals surface area contributed by atoms with E-state index in [-0.39, 0.29) is 18.7 Å². The van der Waals surface area contributed by atoms with Crippen molar-refractivity contribution >= 4 is 23.6 Å². The number of hydrogen-bond acceptors (Lipinski definition) is 7. The van der Waals surface area contributed by atoms with Crippen LogP contribution < -0.4 is 15.1 Å². The molecule has 0 unspecified atom stereocenters. The maximum absolute atomic E-state index is 13.7. The summed E-state index contributed by atoms with van der Waals surface area (Å²) in [6, 6.07) is 12.6. The molecule has 0 bridgehead atoms. The van der Waals surface area contributed by atoms with Crippen LogP contribution in [0.1, 0.15) is 12.0 Å². The summed E-state index contributed by atoms with van der Waals surface area (Å²) in [4.78, 5) is 43.9. The van der Waals surface area contributed by atoms with Crippen LogP contribution in [0.15, 0.2) is 54.6 Å². The Morgan fingerprint density at radius 2 is 1.69 bits per heavy atom. The minimum Gasteiger partial charge on any atom is -0.489 e. The molecule has 13 heteroatoms. The molecule has 0 spiro atoms. The molecule has 2 aliphatic rings. The molecule has 4 rings (SSSR count). The molecular formula is C26H29F3N4O6. The van der Waals surface area contributed by atoms with Crippen molar-refractivity contribution in [1.82, 2.24) is 15.3 Å². The fraction of sp³-hybridized carbons (Fsp3) is 0.423. The Balaban J connectivity index is 1.54. The van der Waals surface area contributed by atoms with E-state index in [4.69, 9.17) is 9.47 Å². The molecule has 0 saturated carbocycles. The van der Waals surface area contributed by atoms with Gasteiger partial charge in [-0.25, -0.2) is 10.3 Å². The van der Waals surface area contributed by atoms with Gasteiger partial charge in [-0.05, 0) is 30.3 Å². The van der Waals surface area contributed by atoms with Gasteiger partial charge in [0.05, 0.1) is 25.1 Å². The van der Waals surface area contributed by atoms with Crippen LogP contribution in [0.2, 0.25) is 0 Å². The average Bonchev–Trinajstić information content (AvgIpc) is 2.95. The number of methoxy groups -OCH3 is 1. The number of alkyl halides is 3. The highest BCUT2D eigenvalue weighted by atomic mass is 19.4. The number of ether oxygens (including phenoxy) is 2. The number of piperazine rings is 1. The molecule has 39 heavy (non-hydrogen) atoms. The first kappa shape index (κ1) is 28.0. The first-order valence-corrected chi connectivity index (χ1v) is 12.3. The van der Waals surface area contributed by atoms with Crippen LogP contribution in [0, 0.1) is 5.92 Å². The second-order valence-corrected chi connectivity index (χ2v) is 9.30. The number of para-hydroxylation sites is 1. The van der Waals surface area contributed by atoms with Crippen molar-refractivity contribution in [1.29, 1.82) is 0 Å². The Kier molecular flexibility index (Phi) is 8.48. The number of hydrogen-bond donors (Lipinski definition) is 2. The number of anilines is 1. The number of likely N-dealkylation sites (tertiary alicyclic amines) is 1. The van der Waals surface area contributed by atoms with E-state index in [1.807, 2.05) is 30.3 Å². The molecule has 2 heterocycles. The molecule has 10 nitrogen and oxygen atoms in total. The molecule has 3 atom stereocenters. The zero-order valence-corrected chi connectivity index (χ0v) is 21.1.